The Bertz CT molecular complexity index is 658. The van der Waals surface area contributed by atoms with Crippen LogP contribution in [-0.4, -0.2) is 0 Å². The lowest BCUT2D eigenvalue weighted by Gasteiger charge is -2.06. The zero-order chi connectivity index (χ0) is 12.5. The molecule has 92 valence electrons. The first kappa shape index (κ1) is 11.8. The lowest BCUT2D eigenvalue weighted by atomic mass is 10.1. The normalized spacial score (nSPS) is 13.0. The largest absolute Gasteiger partial charge is 0.323 e. The van der Waals surface area contributed by atoms with E-state index in [2.05, 4.69) is 11.4 Å². The van der Waals surface area contributed by atoms with Crippen molar-refractivity contribution >= 4 is 32.8 Å². The molecule has 1 aromatic carbocycles. The van der Waals surface area contributed by atoms with Gasteiger partial charge in [0, 0.05) is 26.9 Å². The monoisotopic (exact) mass is 277 g/mol. The molecule has 4 heteroatoms. The van der Waals surface area contributed by atoms with E-state index >= 15 is 0 Å². The molecule has 0 amide bonds. The number of fused-ring (bicyclic) bond motifs is 1. The molecule has 18 heavy (non-hydrogen) atoms. The third-order valence-corrected chi connectivity index (χ3v) is 5.01. The van der Waals surface area contributed by atoms with Crippen molar-refractivity contribution in [3.63, 3.8) is 0 Å². The van der Waals surface area contributed by atoms with Gasteiger partial charge in [-0.2, -0.15) is 0 Å². The summed E-state index contributed by atoms with van der Waals surface area (Å²) in [4.78, 5) is 2.40. The van der Waals surface area contributed by atoms with Crippen LogP contribution in [0.2, 0.25) is 0 Å². The summed E-state index contributed by atoms with van der Waals surface area (Å²) in [6.45, 7) is 0. The van der Waals surface area contributed by atoms with Crippen molar-refractivity contribution in [1.82, 2.24) is 0 Å². The summed E-state index contributed by atoms with van der Waals surface area (Å²) in [6, 6.07) is 11.0. The summed E-state index contributed by atoms with van der Waals surface area (Å²) in [5.41, 5.74) is 6.21. The lowest BCUT2D eigenvalue weighted by molar-refractivity contribution is 0.630. The van der Waals surface area contributed by atoms with Crippen molar-refractivity contribution < 1.29 is 4.39 Å². The molecule has 0 aliphatic carbocycles. The molecule has 0 aliphatic heterocycles. The molecule has 2 N–H and O–H groups in total. The van der Waals surface area contributed by atoms with Crippen LogP contribution in [0.5, 0.6) is 0 Å². The second kappa shape index (κ2) is 4.80. The average molecular weight is 277 g/mol. The van der Waals surface area contributed by atoms with Gasteiger partial charge in [0.2, 0.25) is 0 Å². The van der Waals surface area contributed by atoms with Crippen LogP contribution in [0.3, 0.4) is 0 Å². The van der Waals surface area contributed by atoms with Crippen molar-refractivity contribution in [3.05, 3.63) is 57.3 Å². The fourth-order valence-corrected chi connectivity index (χ4v) is 3.77. The second-order valence-electron chi connectivity index (χ2n) is 4.22. The number of halogens is 1. The number of hydrogen-bond donors (Lipinski definition) is 1. The lowest BCUT2D eigenvalue weighted by Crippen LogP contribution is -2.10. The summed E-state index contributed by atoms with van der Waals surface area (Å²) in [6.07, 6.45) is 0.840. The Morgan fingerprint density at radius 3 is 2.89 bits per heavy atom. The van der Waals surface area contributed by atoms with Gasteiger partial charge < -0.3 is 5.73 Å². The van der Waals surface area contributed by atoms with Crippen molar-refractivity contribution in [3.8, 4) is 0 Å². The fraction of sp³-hybridized carbons (Fsp3) is 0.143. The van der Waals surface area contributed by atoms with E-state index in [1.807, 2.05) is 18.2 Å². The predicted octanol–water partition coefficient (Wildman–Crippen LogP) is 4.34. The second-order valence-corrected chi connectivity index (χ2v) is 6.37. The van der Waals surface area contributed by atoms with Crippen molar-refractivity contribution in [2.24, 2.45) is 5.73 Å². The van der Waals surface area contributed by atoms with E-state index in [0.717, 1.165) is 21.4 Å². The van der Waals surface area contributed by atoms with Crippen LogP contribution in [0, 0.1) is 5.82 Å². The van der Waals surface area contributed by atoms with Gasteiger partial charge in [0.15, 0.2) is 0 Å². The molecule has 0 spiro atoms. The van der Waals surface area contributed by atoms with Crippen molar-refractivity contribution in [2.45, 2.75) is 12.5 Å². The Kier molecular flexibility index (Phi) is 3.16. The number of benzene rings is 1. The highest BCUT2D eigenvalue weighted by atomic mass is 32.1. The molecule has 0 radical (unpaired) electrons. The summed E-state index contributed by atoms with van der Waals surface area (Å²) in [7, 11) is 0. The quantitative estimate of drug-likeness (QED) is 0.757. The van der Waals surface area contributed by atoms with Gasteiger partial charge in [-0.3, -0.25) is 0 Å². The zero-order valence-corrected chi connectivity index (χ0v) is 11.2. The minimum absolute atomic E-state index is 0.0101. The van der Waals surface area contributed by atoms with E-state index in [0.29, 0.717) is 0 Å². The molecule has 3 aromatic rings. The third-order valence-electron chi connectivity index (χ3n) is 2.86. The van der Waals surface area contributed by atoms with E-state index in [-0.39, 0.29) is 11.9 Å². The zero-order valence-electron chi connectivity index (χ0n) is 9.60. The minimum Gasteiger partial charge on any atom is -0.323 e. The molecule has 2 heterocycles. The first-order chi connectivity index (χ1) is 8.72. The molecule has 0 aliphatic rings. The van der Waals surface area contributed by atoms with E-state index in [1.54, 1.807) is 28.7 Å². The van der Waals surface area contributed by atoms with Crippen LogP contribution in [-0.2, 0) is 6.42 Å². The molecule has 0 saturated carbocycles. The van der Waals surface area contributed by atoms with Crippen LogP contribution in [0.4, 0.5) is 4.39 Å². The summed E-state index contributed by atoms with van der Waals surface area (Å²) in [5.74, 6) is -0.196. The maximum atomic E-state index is 13.1. The first-order valence-corrected chi connectivity index (χ1v) is 7.39. The van der Waals surface area contributed by atoms with E-state index in [1.165, 1.54) is 10.9 Å². The van der Waals surface area contributed by atoms with Crippen molar-refractivity contribution in [1.29, 1.82) is 0 Å². The molecule has 3 rings (SSSR count). The highest BCUT2D eigenvalue weighted by molar-refractivity contribution is 7.19. The Morgan fingerprint density at radius 2 is 2.11 bits per heavy atom. The summed E-state index contributed by atoms with van der Waals surface area (Å²) in [5, 5.41) is 3.00. The van der Waals surface area contributed by atoms with Gasteiger partial charge in [0.1, 0.15) is 5.82 Å². The fourth-order valence-electron chi connectivity index (χ4n) is 1.96. The third kappa shape index (κ3) is 2.32. The highest BCUT2D eigenvalue weighted by Crippen LogP contribution is 2.31. The molecule has 1 nitrogen and oxygen atoms in total. The summed E-state index contributed by atoms with van der Waals surface area (Å²) >= 11 is 3.37. The minimum atomic E-state index is -0.196. The van der Waals surface area contributed by atoms with Crippen LogP contribution >= 0.6 is 22.7 Å². The average Bonchev–Trinajstić information content (AvgIpc) is 2.96. The van der Waals surface area contributed by atoms with Gasteiger partial charge in [0.25, 0.3) is 0 Å². The molecule has 1 atom stereocenters. The number of nitrogens with two attached hydrogens (primary N) is 1. The van der Waals surface area contributed by atoms with Crippen LogP contribution in [0.25, 0.3) is 10.1 Å². The van der Waals surface area contributed by atoms with E-state index in [9.17, 15) is 4.39 Å². The van der Waals surface area contributed by atoms with Gasteiger partial charge in [-0.25, -0.2) is 4.39 Å². The van der Waals surface area contributed by atoms with Crippen LogP contribution in [0.15, 0.2) is 41.8 Å². The predicted molar refractivity (Wildman–Crippen MR) is 76.7 cm³/mol. The smallest absolute Gasteiger partial charge is 0.123 e. The number of rotatable bonds is 3. The topological polar surface area (TPSA) is 26.0 Å². The van der Waals surface area contributed by atoms with E-state index < -0.39 is 0 Å². The Labute approximate surface area is 113 Å². The number of hydrogen-bond acceptors (Lipinski definition) is 3. The number of thiophene rings is 2. The van der Waals surface area contributed by atoms with Gasteiger partial charge in [-0.15, -0.1) is 22.7 Å². The van der Waals surface area contributed by atoms with Crippen LogP contribution in [0.1, 0.15) is 15.8 Å². The first-order valence-electron chi connectivity index (χ1n) is 5.69. The Balaban J connectivity index is 1.89. The molecular formula is C14H12FNS2. The van der Waals surface area contributed by atoms with Gasteiger partial charge in [0.05, 0.1) is 0 Å². The highest BCUT2D eigenvalue weighted by Gasteiger charge is 2.11. The molecular weight excluding hydrogens is 265 g/mol. The molecule has 0 fully saturated rings. The maximum absolute atomic E-state index is 13.1. The summed E-state index contributed by atoms with van der Waals surface area (Å²) < 4.78 is 14.2. The molecule has 0 saturated heterocycles. The van der Waals surface area contributed by atoms with Gasteiger partial charge in [-0.05, 0) is 41.1 Å². The molecule has 1 unspecified atom stereocenters. The van der Waals surface area contributed by atoms with Crippen LogP contribution < -0.4 is 5.73 Å². The molecule has 2 aromatic heterocycles. The van der Waals surface area contributed by atoms with E-state index in [4.69, 9.17) is 5.73 Å². The Morgan fingerprint density at radius 1 is 1.22 bits per heavy atom. The van der Waals surface area contributed by atoms with Crippen molar-refractivity contribution in [2.75, 3.05) is 0 Å². The maximum Gasteiger partial charge on any atom is 0.123 e. The van der Waals surface area contributed by atoms with Gasteiger partial charge >= 0.3 is 0 Å². The standard InChI is InChI=1S/C14H12FNS2/c15-10-3-4-13-9(6-10)7-14(18-13)12(16)8-11-2-1-5-17-11/h1-7,12H,8,16H2. The Hall–Kier alpha value is -1.23. The SMILES string of the molecule is NC(Cc1cccs1)c1cc2cc(F)ccc2s1. The van der Waals surface area contributed by atoms with Gasteiger partial charge in [-0.1, -0.05) is 6.07 Å². The molecule has 0 bridgehead atoms.